The van der Waals surface area contributed by atoms with E-state index < -0.39 is 5.91 Å². The van der Waals surface area contributed by atoms with Crippen molar-refractivity contribution < 1.29 is 18.7 Å². The second-order valence-corrected chi connectivity index (χ2v) is 5.46. The molecule has 1 unspecified atom stereocenters. The van der Waals surface area contributed by atoms with E-state index in [0.29, 0.717) is 31.5 Å². The van der Waals surface area contributed by atoms with E-state index in [1.807, 2.05) is 6.92 Å². The number of aliphatic imine (C=N–C) groups is 1. The maximum atomic E-state index is 11.0. The van der Waals surface area contributed by atoms with Crippen molar-refractivity contribution in [1.82, 2.24) is 10.6 Å². The number of halogens is 1. The van der Waals surface area contributed by atoms with Crippen LogP contribution >= 0.6 is 24.0 Å². The number of carbonyl (C=O) groups excluding carboxylic acids is 1. The molecule has 1 aliphatic rings. The highest BCUT2D eigenvalue weighted by Crippen LogP contribution is 2.09. The second-order valence-electron chi connectivity index (χ2n) is 5.46. The Labute approximate surface area is 164 Å². The van der Waals surface area contributed by atoms with Crippen LogP contribution in [-0.4, -0.2) is 50.9 Å². The molecule has 8 nitrogen and oxygen atoms in total. The Bertz CT molecular complexity index is 544. The molecule has 0 radical (unpaired) electrons. The van der Waals surface area contributed by atoms with Gasteiger partial charge < -0.3 is 30.3 Å². The van der Waals surface area contributed by atoms with Crippen LogP contribution in [0, 0.1) is 0 Å². The minimum absolute atomic E-state index is 0. The van der Waals surface area contributed by atoms with Crippen molar-refractivity contribution in [2.75, 3.05) is 32.9 Å². The van der Waals surface area contributed by atoms with E-state index >= 15 is 0 Å². The van der Waals surface area contributed by atoms with Crippen molar-refractivity contribution in [1.29, 1.82) is 0 Å². The molecule has 0 spiro atoms. The zero-order chi connectivity index (χ0) is 17.2. The molecule has 2 rings (SSSR count). The molecule has 1 fully saturated rings. The highest BCUT2D eigenvalue weighted by atomic mass is 127. The number of primary amides is 1. The summed E-state index contributed by atoms with van der Waals surface area (Å²) in [5.74, 6) is 0.846. The Morgan fingerprint density at radius 2 is 2.28 bits per heavy atom. The zero-order valence-corrected chi connectivity index (χ0v) is 16.8. The van der Waals surface area contributed by atoms with Gasteiger partial charge in [0.15, 0.2) is 11.7 Å². The largest absolute Gasteiger partial charge is 0.454 e. The Morgan fingerprint density at radius 1 is 1.44 bits per heavy atom. The fourth-order valence-electron chi connectivity index (χ4n) is 2.27. The van der Waals surface area contributed by atoms with Gasteiger partial charge in [-0.3, -0.25) is 4.79 Å². The minimum atomic E-state index is -0.581. The van der Waals surface area contributed by atoms with E-state index in [-0.39, 0.29) is 35.8 Å². The molecule has 9 heteroatoms. The lowest BCUT2D eigenvalue weighted by Gasteiger charge is -2.12. The second kappa shape index (κ2) is 12.1. The van der Waals surface area contributed by atoms with Crippen molar-refractivity contribution in [2.24, 2.45) is 10.7 Å². The normalized spacial score (nSPS) is 17.2. The number of nitrogens with two attached hydrogens (primary N) is 1. The molecule has 0 saturated carbocycles. The molecule has 4 N–H and O–H groups in total. The van der Waals surface area contributed by atoms with Crippen LogP contribution in [0.15, 0.2) is 21.5 Å². The van der Waals surface area contributed by atoms with Crippen molar-refractivity contribution in [3.63, 3.8) is 0 Å². The SMILES string of the molecule is CCNC(=NCc1ccc(C(N)=O)o1)NCCCOC1CCOC1.I. The van der Waals surface area contributed by atoms with Gasteiger partial charge in [-0.15, -0.1) is 24.0 Å². The summed E-state index contributed by atoms with van der Waals surface area (Å²) in [7, 11) is 0. The topological polar surface area (TPSA) is 111 Å². The van der Waals surface area contributed by atoms with E-state index in [4.69, 9.17) is 19.6 Å². The number of hydrogen-bond acceptors (Lipinski definition) is 5. The van der Waals surface area contributed by atoms with Crippen molar-refractivity contribution in [3.05, 3.63) is 23.7 Å². The number of carbonyl (C=O) groups is 1. The molecule has 142 valence electrons. The number of furan rings is 1. The van der Waals surface area contributed by atoms with E-state index in [0.717, 1.165) is 32.5 Å². The van der Waals surface area contributed by atoms with Crippen molar-refractivity contribution in [3.8, 4) is 0 Å². The number of nitrogens with zero attached hydrogens (tertiary/aromatic N) is 1. The molecule has 0 aliphatic carbocycles. The Morgan fingerprint density at radius 3 is 2.92 bits per heavy atom. The number of guanidine groups is 1. The quantitative estimate of drug-likeness (QED) is 0.219. The fourth-order valence-corrected chi connectivity index (χ4v) is 2.27. The summed E-state index contributed by atoms with van der Waals surface area (Å²) in [6.07, 6.45) is 2.10. The van der Waals surface area contributed by atoms with Gasteiger partial charge in [-0.25, -0.2) is 4.99 Å². The van der Waals surface area contributed by atoms with Crippen LogP contribution in [0.1, 0.15) is 36.1 Å². The highest BCUT2D eigenvalue weighted by Gasteiger charge is 2.15. The molecule has 1 aromatic rings. The predicted molar refractivity (Wildman–Crippen MR) is 105 cm³/mol. The zero-order valence-electron chi connectivity index (χ0n) is 14.5. The average molecular weight is 466 g/mol. The Kier molecular flexibility index (Phi) is 10.5. The molecule has 2 heterocycles. The maximum Gasteiger partial charge on any atom is 0.284 e. The van der Waals surface area contributed by atoms with E-state index in [1.165, 1.54) is 0 Å². The molecular weight excluding hydrogens is 439 g/mol. The van der Waals surface area contributed by atoms with Gasteiger partial charge in [0, 0.05) is 26.3 Å². The van der Waals surface area contributed by atoms with Crippen LogP contribution in [-0.2, 0) is 16.0 Å². The van der Waals surface area contributed by atoms with Gasteiger partial charge in [-0.1, -0.05) is 0 Å². The summed E-state index contributed by atoms with van der Waals surface area (Å²) in [4.78, 5) is 15.4. The van der Waals surface area contributed by atoms with Crippen LogP contribution < -0.4 is 16.4 Å². The summed E-state index contributed by atoms with van der Waals surface area (Å²) < 4.78 is 16.3. The molecular formula is C16H27IN4O4. The predicted octanol–water partition coefficient (Wildman–Crippen LogP) is 1.25. The number of nitrogens with one attached hydrogen (secondary N) is 2. The van der Waals surface area contributed by atoms with Crippen LogP contribution in [0.5, 0.6) is 0 Å². The van der Waals surface area contributed by atoms with Crippen LogP contribution in [0.25, 0.3) is 0 Å². The maximum absolute atomic E-state index is 11.0. The molecule has 1 saturated heterocycles. The minimum Gasteiger partial charge on any atom is -0.454 e. The number of rotatable bonds is 9. The third kappa shape index (κ3) is 8.06. The van der Waals surface area contributed by atoms with Gasteiger partial charge in [0.1, 0.15) is 12.3 Å². The first-order chi connectivity index (χ1) is 11.7. The molecule has 1 atom stereocenters. The lowest BCUT2D eigenvalue weighted by Crippen LogP contribution is -2.38. The monoisotopic (exact) mass is 466 g/mol. The smallest absolute Gasteiger partial charge is 0.284 e. The third-order valence-electron chi connectivity index (χ3n) is 3.50. The molecule has 25 heavy (non-hydrogen) atoms. The Hall–Kier alpha value is -1.33. The summed E-state index contributed by atoms with van der Waals surface area (Å²) in [5.41, 5.74) is 5.16. The summed E-state index contributed by atoms with van der Waals surface area (Å²) in [6.45, 7) is 6.03. The highest BCUT2D eigenvalue weighted by molar-refractivity contribution is 14.0. The number of amides is 1. The van der Waals surface area contributed by atoms with E-state index in [2.05, 4.69) is 15.6 Å². The Balaban J connectivity index is 0.00000312. The molecule has 0 aromatic carbocycles. The van der Waals surface area contributed by atoms with Gasteiger partial charge in [-0.05, 0) is 31.9 Å². The summed E-state index contributed by atoms with van der Waals surface area (Å²) in [5, 5.41) is 6.40. The molecule has 1 aliphatic heterocycles. The van der Waals surface area contributed by atoms with Gasteiger partial charge in [0.05, 0.1) is 12.7 Å². The van der Waals surface area contributed by atoms with Crippen LogP contribution in [0.3, 0.4) is 0 Å². The fraction of sp³-hybridized carbons (Fsp3) is 0.625. The standard InChI is InChI=1S/C16H26N4O4.HI/c1-2-18-16(19-7-3-8-23-13-6-9-22-11-13)20-10-12-4-5-14(24-12)15(17)21;/h4-5,13H,2-3,6-11H2,1H3,(H2,17,21)(H2,18,19,20);1H. The number of hydrogen-bond donors (Lipinski definition) is 3. The molecule has 1 aromatic heterocycles. The van der Waals surface area contributed by atoms with Gasteiger partial charge in [0.2, 0.25) is 0 Å². The van der Waals surface area contributed by atoms with Gasteiger partial charge in [0.25, 0.3) is 5.91 Å². The average Bonchev–Trinajstić information content (AvgIpc) is 3.23. The van der Waals surface area contributed by atoms with Crippen molar-refractivity contribution in [2.45, 2.75) is 32.4 Å². The summed E-state index contributed by atoms with van der Waals surface area (Å²) >= 11 is 0. The van der Waals surface area contributed by atoms with Gasteiger partial charge in [-0.2, -0.15) is 0 Å². The van der Waals surface area contributed by atoms with E-state index in [9.17, 15) is 4.79 Å². The number of ether oxygens (including phenoxy) is 2. The van der Waals surface area contributed by atoms with Crippen molar-refractivity contribution >= 4 is 35.8 Å². The van der Waals surface area contributed by atoms with E-state index in [1.54, 1.807) is 12.1 Å². The van der Waals surface area contributed by atoms with Crippen LogP contribution in [0.2, 0.25) is 0 Å². The van der Waals surface area contributed by atoms with Crippen LogP contribution in [0.4, 0.5) is 0 Å². The molecule has 1 amide bonds. The van der Waals surface area contributed by atoms with Gasteiger partial charge >= 0.3 is 0 Å². The lowest BCUT2D eigenvalue weighted by atomic mass is 10.3. The first-order valence-corrected chi connectivity index (χ1v) is 8.29. The first-order valence-electron chi connectivity index (χ1n) is 8.29. The lowest BCUT2D eigenvalue weighted by molar-refractivity contribution is 0.0420. The third-order valence-corrected chi connectivity index (χ3v) is 3.50. The summed E-state index contributed by atoms with van der Waals surface area (Å²) in [6, 6.07) is 3.25. The first kappa shape index (κ1) is 21.7. The molecule has 0 bridgehead atoms.